The van der Waals surface area contributed by atoms with E-state index in [2.05, 4.69) is 9.97 Å². The number of halogens is 1. The summed E-state index contributed by atoms with van der Waals surface area (Å²) in [5, 5.41) is 0.524. The molecule has 1 amide bonds. The topological polar surface area (TPSA) is 107 Å². The lowest BCUT2D eigenvalue weighted by molar-refractivity contribution is 0.0955. The highest BCUT2D eigenvalue weighted by Crippen LogP contribution is 2.26. The second-order valence-corrected chi connectivity index (χ2v) is 4.63. The second-order valence-electron chi connectivity index (χ2n) is 4.63. The van der Waals surface area contributed by atoms with E-state index in [4.69, 9.17) is 11.6 Å². The number of anilines is 1. The monoisotopic (exact) mass is 297 g/mol. The van der Waals surface area contributed by atoms with Crippen molar-refractivity contribution in [2.45, 2.75) is 0 Å². The van der Waals surface area contributed by atoms with Crippen LogP contribution in [-0.2, 0) is 0 Å². The highest BCUT2D eigenvalue weighted by Gasteiger charge is 2.14. The molecule has 0 aliphatic heterocycles. The van der Waals surface area contributed by atoms with Gasteiger partial charge in [0.2, 0.25) is 0 Å². The molecule has 0 unspecified atom stereocenters. The van der Waals surface area contributed by atoms with Crippen molar-refractivity contribution in [1.82, 2.24) is 15.4 Å². The van der Waals surface area contributed by atoms with Gasteiger partial charge in [0, 0.05) is 17.1 Å². The normalized spacial score (nSPS) is 10.6. The fraction of sp³-hybridized carbons (Fsp3) is 0. The first-order chi connectivity index (χ1) is 10.6. The Bertz CT molecular complexity index is 881. The van der Waals surface area contributed by atoms with E-state index in [1.165, 1.54) is 18.3 Å². The molecule has 0 aliphatic carbocycles. The zero-order chi connectivity index (χ0) is 15.7. The summed E-state index contributed by atoms with van der Waals surface area (Å²) >= 11 is 0. The molecule has 5 N–H and O–H groups in total. The lowest BCUT2D eigenvalue weighted by atomic mass is 10.1. The zero-order valence-electron chi connectivity index (χ0n) is 11.4. The molecule has 0 atom stereocenters. The molecule has 3 aromatic rings. The van der Waals surface area contributed by atoms with Gasteiger partial charge < -0.3 is 5.73 Å². The Hall–Kier alpha value is -3.06. The summed E-state index contributed by atoms with van der Waals surface area (Å²) in [5.74, 6) is 4.48. The summed E-state index contributed by atoms with van der Waals surface area (Å²) in [5.41, 5.74) is 9.65. The molecule has 0 bridgehead atoms. The number of nitrogen functional groups attached to an aromatic ring is 2. The largest absolute Gasteiger partial charge is 0.382 e. The average molecular weight is 297 g/mol. The van der Waals surface area contributed by atoms with Crippen LogP contribution in [0.1, 0.15) is 10.4 Å². The quantitative estimate of drug-likeness (QED) is 0.378. The summed E-state index contributed by atoms with van der Waals surface area (Å²) < 4.78 is 13.3. The third-order valence-electron chi connectivity index (χ3n) is 3.26. The van der Waals surface area contributed by atoms with Gasteiger partial charge >= 0.3 is 0 Å². The molecule has 0 saturated heterocycles. The number of fused-ring (bicyclic) bond motifs is 1. The lowest BCUT2D eigenvalue weighted by Gasteiger charge is -2.08. The molecule has 6 nitrogen and oxygen atoms in total. The predicted molar refractivity (Wildman–Crippen MR) is 81.0 cm³/mol. The molecule has 0 aliphatic rings. The second kappa shape index (κ2) is 5.38. The van der Waals surface area contributed by atoms with E-state index in [-0.39, 0.29) is 17.2 Å². The van der Waals surface area contributed by atoms with E-state index in [9.17, 15) is 9.18 Å². The van der Waals surface area contributed by atoms with Gasteiger partial charge in [-0.05, 0) is 24.3 Å². The molecular weight excluding hydrogens is 285 g/mol. The van der Waals surface area contributed by atoms with E-state index in [1.54, 1.807) is 24.3 Å². The third kappa shape index (κ3) is 2.33. The number of carbonyl (C=O) groups is 1. The van der Waals surface area contributed by atoms with Gasteiger partial charge in [0.15, 0.2) is 0 Å². The summed E-state index contributed by atoms with van der Waals surface area (Å²) in [6.45, 7) is 0. The van der Waals surface area contributed by atoms with Gasteiger partial charge in [-0.2, -0.15) is 0 Å². The first kappa shape index (κ1) is 13.9. The van der Waals surface area contributed by atoms with Crippen molar-refractivity contribution in [2.24, 2.45) is 5.84 Å². The molecule has 7 heteroatoms. The third-order valence-corrected chi connectivity index (χ3v) is 3.26. The summed E-state index contributed by atoms with van der Waals surface area (Å²) in [6.07, 6.45) is 1.34. The molecule has 3 rings (SSSR count). The number of pyridine rings is 2. The Morgan fingerprint density at radius 3 is 2.77 bits per heavy atom. The number of hydrogen-bond acceptors (Lipinski definition) is 5. The van der Waals surface area contributed by atoms with Crippen molar-refractivity contribution in [3.05, 3.63) is 54.0 Å². The number of aromatic nitrogens is 2. The van der Waals surface area contributed by atoms with Crippen molar-refractivity contribution in [1.29, 1.82) is 0 Å². The van der Waals surface area contributed by atoms with Crippen LogP contribution in [-0.4, -0.2) is 15.9 Å². The van der Waals surface area contributed by atoms with Crippen LogP contribution in [0, 0.1) is 5.82 Å². The van der Waals surface area contributed by atoms with Gasteiger partial charge in [0.05, 0.1) is 11.3 Å². The number of nitrogens with one attached hydrogen (secondary N) is 1. The van der Waals surface area contributed by atoms with E-state index < -0.39 is 5.91 Å². The van der Waals surface area contributed by atoms with Gasteiger partial charge in [-0.1, -0.05) is 12.1 Å². The Morgan fingerprint density at radius 1 is 1.23 bits per heavy atom. The number of nitrogens with zero attached hydrogens (tertiary/aromatic N) is 2. The van der Waals surface area contributed by atoms with Crippen LogP contribution in [0.5, 0.6) is 0 Å². The fourth-order valence-corrected chi connectivity index (χ4v) is 2.20. The molecule has 2 heterocycles. The van der Waals surface area contributed by atoms with E-state index in [1.807, 2.05) is 5.43 Å². The number of hydrogen-bond donors (Lipinski definition) is 3. The minimum atomic E-state index is -0.488. The Morgan fingerprint density at radius 2 is 2.05 bits per heavy atom. The van der Waals surface area contributed by atoms with Crippen LogP contribution in [0.25, 0.3) is 22.2 Å². The predicted octanol–water partition coefficient (Wildman–Crippen LogP) is 1.62. The van der Waals surface area contributed by atoms with Crippen molar-refractivity contribution in [2.75, 3.05) is 5.73 Å². The molecule has 22 heavy (non-hydrogen) atoms. The van der Waals surface area contributed by atoms with Crippen LogP contribution in [0.3, 0.4) is 0 Å². The maximum Gasteiger partial charge on any atom is 0.267 e. The molecule has 0 fully saturated rings. The van der Waals surface area contributed by atoms with Crippen molar-refractivity contribution >= 4 is 22.6 Å². The van der Waals surface area contributed by atoms with Crippen molar-refractivity contribution in [3.63, 3.8) is 0 Å². The number of nitrogens with two attached hydrogens (primary N) is 2. The van der Waals surface area contributed by atoms with Crippen LogP contribution >= 0.6 is 0 Å². The Labute approximate surface area is 125 Å². The molecule has 110 valence electrons. The maximum absolute atomic E-state index is 13.3. The van der Waals surface area contributed by atoms with Crippen LogP contribution in [0.15, 0.2) is 42.6 Å². The first-order valence-corrected chi connectivity index (χ1v) is 6.42. The molecule has 0 saturated carbocycles. The highest BCUT2D eigenvalue weighted by atomic mass is 19.1. The van der Waals surface area contributed by atoms with Gasteiger partial charge in [0.1, 0.15) is 17.2 Å². The van der Waals surface area contributed by atoms with Crippen molar-refractivity contribution in [3.8, 4) is 11.3 Å². The van der Waals surface area contributed by atoms with E-state index >= 15 is 0 Å². The van der Waals surface area contributed by atoms with Gasteiger partial charge in [0.25, 0.3) is 5.91 Å². The standard InChI is InChI=1S/C15H12FN5O/c16-9-3-1-2-8(6-9)12-5-4-10-11(15(22)21-18)7-19-14(17)13(10)20-12/h1-7H,18H2,(H2,17,19)(H,21,22). The van der Waals surface area contributed by atoms with Gasteiger partial charge in [-0.15, -0.1) is 0 Å². The van der Waals surface area contributed by atoms with Crippen LogP contribution < -0.4 is 17.0 Å². The summed E-state index contributed by atoms with van der Waals surface area (Å²) in [7, 11) is 0. The summed E-state index contributed by atoms with van der Waals surface area (Å²) in [4.78, 5) is 20.1. The van der Waals surface area contributed by atoms with Crippen LogP contribution in [0.2, 0.25) is 0 Å². The van der Waals surface area contributed by atoms with Crippen LogP contribution in [0.4, 0.5) is 10.2 Å². The van der Waals surface area contributed by atoms with E-state index in [0.717, 1.165) is 0 Å². The molecule has 0 spiro atoms. The molecule has 1 aromatic carbocycles. The molecule has 0 radical (unpaired) electrons. The smallest absolute Gasteiger partial charge is 0.267 e. The number of amides is 1. The molecular formula is C15H12FN5O. The number of carbonyl (C=O) groups excluding carboxylic acids is 1. The lowest BCUT2D eigenvalue weighted by Crippen LogP contribution is -2.30. The number of benzene rings is 1. The SMILES string of the molecule is NNC(=O)c1cnc(N)c2nc(-c3cccc(F)c3)ccc12. The Balaban J connectivity index is 2.22. The average Bonchev–Trinajstić information content (AvgIpc) is 2.54. The van der Waals surface area contributed by atoms with Gasteiger partial charge in [-0.3, -0.25) is 10.2 Å². The highest BCUT2D eigenvalue weighted by molar-refractivity contribution is 6.08. The number of rotatable bonds is 2. The fourth-order valence-electron chi connectivity index (χ4n) is 2.20. The first-order valence-electron chi connectivity index (χ1n) is 6.42. The summed E-state index contributed by atoms with van der Waals surface area (Å²) in [6, 6.07) is 9.42. The van der Waals surface area contributed by atoms with Crippen molar-refractivity contribution < 1.29 is 9.18 Å². The molecule has 2 aromatic heterocycles. The number of hydrazine groups is 1. The minimum absolute atomic E-state index is 0.182. The zero-order valence-corrected chi connectivity index (χ0v) is 11.4. The van der Waals surface area contributed by atoms with Gasteiger partial charge in [-0.25, -0.2) is 20.2 Å². The maximum atomic E-state index is 13.3. The minimum Gasteiger partial charge on any atom is -0.382 e. The Kier molecular flexibility index (Phi) is 3.40. The van der Waals surface area contributed by atoms with E-state index in [0.29, 0.717) is 22.2 Å².